The Morgan fingerprint density at radius 1 is 1.29 bits per heavy atom. The molecule has 1 saturated heterocycles. The number of nitrogens with zero attached hydrogens (tertiary/aromatic N) is 1. The van der Waals surface area contributed by atoms with E-state index in [2.05, 4.69) is 48.5 Å². The van der Waals surface area contributed by atoms with Crippen LogP contribution < -0.4 is 5.32 Å². The van der Waals surface area contributed by atoms with Crippen LogP contribution in [0.2, 0.25) is 0 Å². The van der Waals surface area contributed by atoms with Crippen molar-refractivity contribution in [3.8, 4) is 0 Å². The second-order valence-electron chi connectivity index (χ2n) is 6.93. The van der Waals surface area contributed by atoms with E-state index in [-0.39, 0.29) is 5.41 Å². The molecule has 0 radical (unpaired) electrons. The fraction of sp³-hybridized carbons (Fsp3) is 0.611. The number of benzene rings is 1. The Balaban J connectivity index is 1.60. The number of carbonyl (C=O) groups excluding carboxylic acids is 1. The number of nitrogens with one attached hydrogen (secondary N) is 1. The van der Waals surface area contributed by atoms with Crippen LogP contribution in [0.4, 0.5) is 0 Å². The van der Waals surface area contributed by atoms with Crippen LogP contribution in [-0.4, -0.2) is 37.0 Å². The van der Waals surface area contributed by atoms with E-state index >= 15 is 0 Å². The highest BCUT2D eigenvalue weighted by Gasteiger charge is 2.50. The average molecular weight is 286 g/mol. The van der Waals surface area contributed by atoms with Gasteiger partial charge in [-0.25, -0.2) is 0 Å². The van der Waals surface area contributed by atoms with Crippen molar-refractivity contribution in [2.24, 2.45) is 5.41 Å². The van der Waals surface area contributed by atoms with Gasteiger partial charge in [-0.2, -0.15) is 0 Å². The van der Waals surface area contributed by atoms with Crippen molar-refractivity contribution >= 4 is 5.91 Å². The van der Waals surface area contributed by atoms with Crippen LogP contribution in [0, 0.1) is 12.3 Å². The number of likely N-dealkylation sites (tertiary alicyclic amines) is 1. The molecule has 1 heterocycles. The van der Waals surface area contributed by atoms with Crippen LogP contribution in [0.15, 0.2) is 24.3 Å². The van der Waals surface area contributed by atoms with E-state index in [1.807, 2.05) is 0 Å². The largest absolute Gasteiger partial charge is 0.353 e. The Morgan fingerprint density at radius 3 is 2.57 bits per heavy atom. The molecule has 0 unspecified atom stereocenters. The van der Waals surface area contributed by atoms with E-state index in [1.165, 1.54) is 11.1 Å². The van der Waals surface area contributed by atoms with Crippen LogP contribution in [0.5, 0.6) is 0 Å². The van der Waals surface area contributed by atoms with Gasteiger partial charge in [0, 0.05) is 6.04 Å². The first-order chi connectivity index (χ1) is 10.1. The van der Waals surface area contributed by atoms with Gasteiger partial charge in [-0.15, -0.1) is 0 Å². The molecule has 1 aliphatic heterocycles. The highest BCUT2D eigenvalue weighted by atomic mass is 16.2. The third-order valence-electron chi connectivity index (χ3n) is 5.18. The van der Waals surface area contributed by atoms with Gasteiger partial charge in [0.15, 0.2) is 0 Å². The summed E-state index contributed by atoms with van der Waals surface area (Å²) in [5.41, 5.74) is 2.51. The Labute approximate surface area is 127 Å². The fourth-order valence-electron chi connectivity index (χ4n) is 3.30. The van der Waals surface area contributed by atoms with Gasteiger partial charge in [-0.1, -0.05) is 24.3 Å². The first kappa shape index (κ1) is 14.6. The molecule has 2 fully saturated rings. The minimum Gasteiger partial charge on any atom is -0.353 e. The third-order valence-corrected chi connectivity index (χ3v) is 5.18. The number of rotatable bonds is 4. The van der Waals surface area contributed by atoms with Gasteiger partial charge in [0.05, 0.1) is 5.41 Å². The summed E-state index contributed by atoms with van der Waals surface area (Å²) in [5, 5.41) is 3.32. The number of aryl methyl sites for hydroxylation is 1. The second kappa shape index (κ2) is 5.80. The summed E-state index contributed by atoms with van der Waals surface area (Å²) in [7, 11) is 2.15. The maximum atomic E-state index is 12.7. The minimum atomic E-state index is -0.116. The summed E-state index contributed by atoms with van der Waals surface area (Å²) in [6.07, 6.45) is 5.16. The molecule has 0 bridgehead atoms. The van der Waals surface area contributed by atoms with Gasteiger partial charge in [0.2, 0.25) is 5.91 Å². The lowest BCUT2D eigenvalue weighted by Crippen LogP contribution is -2.46. The van der Waals surface area contributed by atoms with Gasteiger partial charge in [0.25, 0.3) is 0 Å². The van der Waals surface area contributed by atoms with E-state index in [0.29, 0.717) is 11.9 Å². The third kappa shape index (κ3) is 3.29. The molecular formula is C18H26N2O. The lowest BCUT2D eigenvalue weighted by atomic mass is 9.92. The van der Waals surface area contributed by atoms with Gasteiger partial charge in [-0.3, -0.25) is 4.79 Å². The molecule has 114 valence electrons. The van der Waals surface area contributed by atoms with Gasteiger partial charge in [0.1, 0.15) is 0 Å². The molecule has 1 amide bonds. The Bertz CT molecular complexity index is 514. The molecule has 21 heavy (non-hydrogen) atoms. The standard InChI is InChI=1S/C18H26N2O/c1-14-5-3-4-6-15(14)13-18(9-10-18)17(21)19-16-7-11-20(2)12-8-16/h3-6,16H,7-13H2,1-2H3,(H,19,21). The van der Waals surface area contributed by atoms with Crippen LogP contribution in [0.3, 0.4) is 0 Å². The van der Waals surface area contributed by atoms with Crippen molar-refractivity contribution in [2.75, 3.05) is 20.1 Å². The van der Waals surface area contributed by atoms with Crippen molar-refractivity contribution in [1.29, 1.82) is 0 Å². The van der Waals surface area contributed by atoms with E-state index in [9.17, 15) is 4.79 Å². The van der Waals surface area contributed by atoms with Crippen LogP contribution in [0.1, 0.15) is 36.8 Å². The zero-order valence-electron chi connectivity index (χ0n) is 13.2. The summed E-state index contributed by atoms with van der Waals surface area (Å²) in [6.45, 7) is 4.33. The second-order valence-corrected chi connectivity index (χ2v) is 6.93. The first-order valence-electron chi connectivity index (χ1n) is 8.13. The maximum absolute atomic E-state index is 12.7. The van der Waals surface area contributed by atoms with Crippen molar-refractivity contribution in [3.63, 3.8) is 0 Å². The predicted molar refractivity (Wildman–Crippen MR) is 85.2 cm³/mol. The smallest absolute Gasteiger partial charge is 0.226 e. The molecule has 3 heteroatoms. The highest BCUT2D eigenvalue weighted by Crippen LogP contribution is 2.49. The number of piperidine rings is 1. The molecule has 1 saturated carbocycles. The number of amides is 1. The summed E-state index contributed by atoms with van der Waals surface area (Å²) >= 11 is 0. The molecule has 3 rings (SSSR count). The van der Waals surface area contributed by atoms with E-state index in [0.717, 1.165) is 45.2 Å². The Morgan fingerprint density at radius 2 is 1.95 bits per heavy atom. The quantitative estimate of drug-likeness (QED) is 0.922. The number of hydrogen-bond acceptors (Lipinski definition) is 2. The van der Waals surface area contributed by atoms with Gasteiger partial charge < -0.3 is 10.2 Å². The molecular weight excluding hydrogens is 260 g/mol. The zero-order valence-corrected chi connectivity index (χ0v) is 13.2. The van der Waals surface area contributed by atoms with E-state index in [1.54, 1.807) is 0 Å². The number of hydrogen-bond donors (Lipinski definition) is 1. The normalized spacial score (nSPS) is 22.0. The first-order valence-corrected chi connectivity index (χ1v) is 8.13. The van der Waals surface area contributed by atoms with Crippen LogP contribution in [-0.2, 0) is 11.2 Å². The molecule has 1 aliphatic carbocycles. The number of carbonyl (C=O) groups is 1. The SMILES string of the molecule is Cc1ccccc1CC1(C(=O)NC2CCN(C)CC2)CC1. The monoisotopic (exact) mass is 286 g/mol. The zero-order chi connectivity index (χ0) is 14.9. The lowest BCUT2D eigenvalue weighted by molar-refractivity contribution is -0.127. The van der Waals surface area contributed by atoms with Gasteiger partial charge in [-0.05, 0) is 70.3 Å². The molecule has 0 aromatic heterocycles. The molecule has 1 aromatic carbocycles. The van der Waals surface area contributed by atoms with Gasteiger partial charge >= 0.3 is 0 Å². The average Bonchev–Trinajstić information content (AvgIpc) is 3.25. The minimum absolute atomic E-state index is 0.116. The Hall–Kier alpha value is -1.35. The van der Waals surface area contributed by atoms with Crippen molar-refractivity contribution in [2.45, 2.75) is 45.1 Å². The van der Waals surface area contributed by atoms with Crippen molar-refractivity contribution in [3.05, 3.63) is 35.4 Å². The highest BCUT2D eigenvalue weighted by molar-refractivity contribution is 5.86. The van der Waals surface area contributed by atoms with Crippen LogP contribution >= 0.6 is 0 Å². The molecule has 1 aromatic rings. The van der Waals surface area contributed by atoms with E-state index < -0.39 is 0 Å². The lowest BCUT2D eigenvalue weighted by Gasteiger charge is -2.30. The van der Waals surface area contributed by atoms with Crippen LogP contribution in [0.25, 0.3) is 0 Å². The summed E-state index contributed by atoms with van der Waals surface area (Å²) < 4.78 is 0. The van der Waals surface area contributed by atoms with Crippen molar-refractivity contribution < 1.29 is 4.79 Å². The summed E-state index contributed by atoms with van der Waals surface area (Å²) in [4.78, 5) is 15.0. The molecule has 0 spiro atoms. The van der Waals surface area contributed by atoms with Crippen molar-refractivity contribution in [1.82, 2.24) is 10.2 Å². The molecule has 1 N–H and O–H groups in total. The molecule has 2 aliphatic rings. The Kier molecular flexibility index (Phi) is 4.03. The summed E-state index contributed by atoms with van der Waals surface area (Å²) in [6, 6.07) is 8.83. The molecule has 0 atom stereocenters. The predicted octanol–water partition coefficient (Wildman–Crippen LogP) is 2.53. The van der Waals surface area contributed by atoms with E-state index in [4.69, 9.17) is 0 Å². The summed E-state index contributed by atoms with van der Waals surface area (Å²) in [5.74, 6) is 0.292. The maximum Gasteiger partial charge on any atom is 0.226 e. The molecule has 3 nitrogen and oxygen atoms in total. The topological polar surface area (TPSA) is 32.3 Å². The fourth-order valence-corrected chi connectivity index (χ4v) is 3.30.